The van der Waals surface area contributed by atoms with Crippen LogP contribution in [0.1, 0.15) is 21.1 Å². The lowest BCUT2D eigenvalue weighted by atomic mass is 10.2. The van der Waals surface area contributed by atoms with Gasteiger partial charge < -0.3 is 4.90 Å². The van der Waals surface area contributed by atoms with Crippen LogP contribution in [-0.2, 0) is 17.8 Å². The van der Waals surface area contributed by atoms with E-state index in [1.165, 1.54) is 11.3 Å². The number of benzene rings is 1. The van der Waals surface area contributed by atoms with Crippen molar-refractivity contribution in [3.05, 3.63) is 71.0 Å². The van der Waals surface area contributed by atoms with Crippen molar-refractivity contribution in [2.24, 2.45) is 0 Å². The van der Waals surface area contributed by atoms with Crippen LogP contribution in [0.4, 0.5) is 10.8 Å². The van der Waals surface area contributed by atoms with Gasteiger partial charge in [-0.05, 0) is 24.3 Å². The molecule has 8 heteroatoms. The van der Waals surface area contributed by atoms with Crippen LogP contribution < -0.4 is 10.2 Å². The summed E-state index contributed by atoms with van der Waals surface area (Å²) in [5.74, 6) is -0.221. The third-order valence-electron chi connectivity index (χ3n) is 4.80. The number of hydrogen-bond acceptors (Lipinski definition) is 6. The first-order chi connectivity index (χ1) is 14.1. The lowest BCUT2D eigenvalue weighted by molar-refractivity contribution is -0.119. The van der Waals surface area contributed by atoms with Crippen LogP contribution in [0.2, 0.25) is 0 Å². The Morgan fingerprint density at radius 1 is 1.17 bits per heavy atom. The SMILES string of the molecule is CN(C(=O)CN1CCc2nc(NC(=O)c3ccccn3)sc2C1)c1ccccc1. The van der Waals surface area contributed by atoms with Crippen molar-refractivity contribution in [2.75, 3.05) is 30.4 Å². The number of carbonyl (C=O) groups is 2. The van der Waals surface area contributed by atoms with Crippen molar-refractivity contribution in [1.29, 1.82) is 0 Å². The van der Waals surface area contributed by atoms with E-state index in [0.29, 0.717) is 23.9 Å². The summed E-state index contributed by atoms with van der Waals surface area (Å²) < 4.78 is 0. The van der Waals surface area contributed by atoms with Gasteiger partial charge in [0.05, 0.1) is 12.2 Å². The molecule has 0 unspecified atom stereocenters. The van der Waals surface area contributed by atoms with Crippen LogP contribution >= 0.6 is 11.3 Å². The van der Waals surface area contributed by atoms with Crippen molar-refractivity contribution in [3.63, 3.8) is 0 Å². The van der Waals surface area contributed by atoms with Crippen molar-refractivity contribution in [2.45, 2.75) is 13.0 Å². The van der Waals surface area contributed by atoms with Crippen LogP contribution in [0.15, 0.2) is 54.7 Å². The second-order valence-electron chi connectivity index (χ2n) is 6.81. The number of likely N-dealkylation sites (N-methyl/N-ethyl adjacent to an activating group) is 1. The predicted octanol–water partition coefficient (Wildman–Crippen LogP) is 2.81. The Kier molecular flexibility index (Phi) is 5.64. The van der Waals surface area contributed by atoms with Gasteiger partial charge in [-0.15, -0.1) is 11.3 Å². The van der Waals surface area contributed by atoms with Gasteiger partial charge in [-0.1, -0.05) is 24.3 Å². The third kappa shape index (κ3) is 4.49. The van der Waals surface area contributed by atoms with Gasteiger partial charge in [0.1, 0.15) is 5.69 Å². The maximum Gasteiger partial charge on any atom is 0.276 e. The molecule has 0 fully saturated rings. The summed E-state index contributed by atoms with van der Waals surface area (Å²) in [6.07, 6.45) is 2.34. The van der Waals surface area contributed by atoms with Crippen LogP contribution in [0.5, 0.6) is 0 Å². The summed E-state index contributed by atoms with van der Waals surface area (Å²) >= 11 is 1.46. The molecule has 4 rings (SSSR count). The summed E-state index contributed by atoms with van der Waals surface area (Å²) in [5.41, 5.74) is 2.23. The number of hydrogen-bond donors (Lipinski definition) is 1. The van der Waals surface area contributed by atoms with Crippen LogP contribution in [0, 0.1) is 0 Å². The normalized spacial score (nSPS) is 13.6. The number of nitrogens with zero attached hydrogens (tertiary/aromatic N) is 4. The molecule has 3 heterocycles. The fraction of sp³-hybridized carbons (Fsp3) is 0.238. The molecule has 0 aliphatic carbocycles. The zero-order chi connectivity index (χ0) is 20.2. The molecule has 0 radical (unpaired) electrons. The van der Waals surface area contributed by atoms with Gasteiger partial charge in [0, 0.05) is 43.3 Å². The number of rotatable bonds is 5. The van der Waals surface area contributed by atoms with Crippen molar-refractivity contribution in [1.82, 2.24) is 14.9 Å². The van der Waals surface area contributed by atoms with Crippen molar-refractivity contribution < 1.29 is 9.59 Å². The second kappa shape index (κ2) is 8.50. The molecule has 0 saturated carbocycles. The van der Waals surface area contributed by atoms with E-state index in [4.69, 9.17) is 0 Å². The number of para-hydroxylation sites is 1. The number of thiazole rings is 1. The van der Waals surface area contributed by atoms with Crippen LogP contribution in [0.25, 0.3) is 0 Å². The molecule has 1 aliphatic rings. The van der Waals surface area contributed by atoms with E-state index in [1.54, 1.807) is 36.3 Å². The van der Waals surface area contributed by atoms with Crippen molar-refractivity contribution in [3.8, 4) is 0 Å². The Balaban J connectivity index is 1.38. The summed E-state index contributed by atoms with van der Waals surface area (Å²) in [5, 5.41) is 3.39. The zero-order valence-electron chi connectivity index (χ0n) is 16.0. The van der Waals surface area contributed by atoms with Gasteiger partial charge in [0.2, 0.25) is 5.91 Å². The minimum atomic E-state index is -0.270. The summed E-state index contributed by atoms with van der Waals surface area (Å²) in [4.78, 5) is 38.4. The van der Waals surface area contributed by atoms with Gasteiger partial charge in [0.25, 0.3) is 5.91 Å². The summed E-state index contributed by atoms with van der Waals surface area (Å²) in [6, 6.07) is 14.8. The van der Waals surface area contributed by atoms with E-state index in [-0.39, 0.29) is 11.8 Å². The molecule has 0 atom stereocenters. The number of anilines is 2. The number of aromatic nitrogens is 2. The van der Waals surface area contributed by atoms with Crippen LogP contribution in [0.3, 0.4) is 0 Å². The van der Waals surface area contributed by atoms with E-state index in [2.05, 4.69) is 20.2 Å². The van der Waals surface area contributed by atoms with Gasteiger partial charge in [-0.2, -0.15) is 0 Å². The molecule has 3 aromatic rings. The molecule has 1 N–H and O–H groups in total. The average Bonchev–Trinajstić information content (AvgIpc) is 3.15. The van der Waals surface area contributed by atoms with Gasteiger partial charge >= 0.3 is 0 Å². The smallest absolute Gasteiger partial charge is 0.276 e. The minimum Gasteiger partial charge on any atom is -0.314 e. The molecule has 0 spiro atoms. The van der Waals surface area contributed by atoms with Crippen molar-refractivity contribution >= 4 is 34.0 Å². The zero-order valence-corrected chi connectivity index (χ0v) is 16.9. The maximum absolute atomic E-state index is 12.6. The third-order valence-corrected chi connectivity index (χ3v) is 5.80. The van der Waals surface area contributed by atoms with E-state index < -0.39 is 0 Å². The van der Waals surface area contributed by atoms with Crippen LogP contribution in [-0.4, -0.2) is 46.8 Å². The first-order valence-electron chi connectivity index (χ1n) is 9.35. The number of fused-ring (bicyclic) bond motifs is 1. The Hall–Kier alpha value is -3.10. The predicted molar refractivity (Wildman–Crippen MR) is 113 cm³/mol. The molecule has 2 aromatic heterocycles. The first-order valence-corrected chi connectivity index (χ1v) is 10.2. The highest BCUT2D eigenvalue weighted by Gasteiger charge is 2.24. The quantitative estimate of drug-likeness (QED) is 0.704. The fourth-order valence-corrected chi connectivity index (χ4v) is 4.23. The monoisotopic (exact) mass is 407 g/mol. The number of nitrogens with one attached hydrogen (secondary N) is 1. The largest absolute Gasteiger partial charge is 0.314 e. The molecule has 1 aromatic carbocycles. The standard InChI is InChI=1S/C21H21N5O2S/c1-25(15-7-3-2-4-8-15)19(27)14-26-12-10-16-18(13-26)29-21(23-16)24-20(28)17-9-5-6-11-22-17/h2-9,11H,10,12-14H2,1H3,(H,23,24,28). The maximum atomic E-state index is 12.6. The molecule has 148 valence electrons. The number of amides is 2. The van der Waals surface area contributed by atoms with E-state index >= 15 is 0 Å². The van der Waals surface area contributed by atoms with E-state index in [9.17, 15) is 9.59 Å². The Bertz CT molecular complexity index is 1010. The lowest BCUT2D eigenvalue weighted by Crippen LogP contribution is -2.40. The second-order valence-corrected chi connectivity index (χ2v) is 7.89. The highest BCUT2D eigenvalue weighted by atomic mass is 32.1. The van der Waals surface area contributed by atoms with Gasteiger partial charge in [-0.3, -0.25) is 24.8 Å². The summed E-state index contributed by atoms with van der Waals surface area (Å²) in [6.45, 7) is 1.76. The van der Waals surface area contributed by atoms with E-state index in [0.717, 1.165) is 29.2 Å². The Morgan fingerprint density at radius 3 is 2.72 bits per heavy atom. The molecule has 1 aliphatic heterocycles. The summed E-state index contributed by atoms with van der Waals surface area (Å²) in [7, 11) is 1.80. The molecule has 0 saturated heterocycles. The fourth-order valence-electron chi connectivity index (χ4n) is 3.19. The molecule has 7 nitrogen and oxygen atoms in total. The highest BCUT2D eigenvalue weighted by Crippen LogP contribution is 2.28. The molecule has 0 bridgehead atoms. The van der Waals surface area contributed by atoms with E-state index in [1.807, 2.05) is 30.3 Å². The highest BCUT2D eigenvalue weighted by molar-refractivity contribution is 7.15. The minimum absolute atomic E-state index is 0.0489. The lowest BCUT2D eigenvalue weighted by Gasteiger charge is -2.27. The molecular formula is C21H21N5O2S. The molecule has 29 heavy (non-hydrogen) atoms. The molecule has 2 amide bonds. The Labute approximate surface area is 173 Å². The number of pyridine rings is 1. The Morgan fingerprint density at radius 2 is 1.97 bits per heavy atom. The first kappa shape index (κ1) is 19.2. The average molecular weight is 407 g/mol. The topological polar surface area (TPSA) is 78.4 Å². The van der Waals surface area contributed by atoms with Gasteiger partial charge in [0.15, 0.2) is 5.13 Å². The van der Waals surface area contributed by atoms with Gasteiger partial charge in [-0.25, -0.2) is 4.98 Å². The molecular weight excluding hydrogens is 386 g/mol. The number of carbonyl (C=O) groups excluding carboxylic acids is 2.